The summed E-state index contributed by atoms with van der Waals surface area (Å²) in [5.74, 6) is -0.752. The highest BCUT2D eigenvalue weighted by atomic mass is 32.3. The molecule has 2 rings (SSSR count). The van der Waals surface area contributed by atoms with E-state index >= 15 is 0 Å². The van der Waals surface area contributed by atoms with Gasteiger partial charge in [-0.2, -0.15) is 13.5 Å². The van der Waals surface area contributed by atoms with Crippen molar-refractivity contribution >= 4 is 34.2 Å². The summed E-state index contributed by atoms with van der Waals surface area (Å²) in [5, 5.41) is 14.3. The lowest BCUT2D eigenvalue weighted by Crippen LogP contribution is -2.47. The number of anilines is 1. The van der Waals surface area contributed by atoms with Crippen LogP contribution in [0.2, 0.25) is 0 Å². The van der Waals surface area contributed by atoms with E-state index in [0.717, 1.165) is 0 Å². The van der Waals surface area contributed by atoms with Crippen molar-refractivity contribution in [2.24, 2.45) is 17.9 Å². The highest BCUT2D eigenvalue weighted by Crippen LogP contribution is 2.28. The number of primary amides is 1. The highest BCUT2D eigenvalue weighted by molar-refractivity contribution is 7.81. The molecule has 0 aliphatic carbocycles. The molecule has 13 nitrogen and oxygen atoms in total. The minimum absolute atomic E-state index is 0.199. The van der Waals surface area contributed by atoms with Gasteiger partial charge < -0.3 is 15.8 Å². The number of oxime groups is 1. The molecule has 0 aromatic carbocycles. The first-order chi connectivity index (χ1) is 11.1. The fraction of sp³-hybridized carbons (Fsp3) is 0.400. The van der Waals surface area contributed by atoms with Crippen molar-refractivity contribution in [3.05, 3.63) is 11.9 Å². The number of hydrogen-bond donors (Lipinski definition) is 3. The van der Waals surface area contributed by atoms with Gasteiger partial charge in [-0.05, 0) is 6.92 Å². The topological polar surface area (TPSA) is 181 Å². The van der Waals surface area contributed by atoms with Crippen LogP contribution in [0.15, 0.2) is 11.4 Å². The molecule has 1 aromatic rings. The summed E-state index contributed by atoms with van der Waals surface area (Å²) in [6.45, 7) is 2.41. The summed E-state index contributed by atoms with van der Waals surface area (Å²) < 4.78 is 36.0. The molecule has 3 amide bonds. The summed E-state index contributed by atoms with van der Waals surface area (Å²) >= 11 is 0. The van der Waals surface area contributed by atoms with Crippen molar-refractivity contribution in [3.8, 4) is 0 Å². The van der Waals surface area contributed by atoms with Gasteiger partial charge in [0.25, 0.3) is 5.91 Å². The SMILES string of the molecule is CCN1Cc2c(cnn2C)N(OS(=O)(=O)O)C1=O.NC(=O)/C=N\O. The van der Waals surface area contributed by atoms with Crippen LogP contribution in [-0.4, -0.2) is 57.6 Å². The number of carbonyl (C=O) groups is 2. The summed E-state index contributed by atoms with van der Waals surface area (Å²) in [6.07, 6.45) is 1.91. The first-order valence-electron chi connectivity index (χ1n) is 6.34. The molecule has 24 heavy (non-hydrogen) atoms. The van der Waals surface area contributed by atoms with Crippen LogP contribution in [0.1, 0.15) is 12.6 Å². The van der Waals surface area contributed by atoms with E-state index in [1.54, 1.807) is 14.0 Å². The minimum Gasteiger partial charge on any atom is -0.411 e. The highest BCUT2D eigenvalue weighted by Gasteiger charge is 2.35. The molecule has 0 fully saturated rings. The Balaban J connectivity index is 0.000000413. The van der Waals surface area contributed by atoms with E-state index in [1.807, 2.05) is 0 Å². The number of fused-ring (bicyclic) bond motifs is 1. The van der Waals surface area contributed by atoms with E-state index in [1.165, 1.54) is 15.8 Å². The number of urea groups is 1. The first-order valence-corrected chi connectivity index (χ1v) is 7.71. The van der Waals surface area contributed by atoms with Crippen LogP contribution >= 0.6 is 0 Å². The Labute approximate surface area is 136 Å². The quantitative estimate of drug-likeness (QED) is 0.259. The second-order valence-corrected chi connectivity index (χ2v) is 5.34. The third kappa shape index (κ3) is 4.90. The van der Waals surface area contributed by atoms with Gasteiger partial charge in [0, 0.05) is 13.6 Å². The Morgan fingerprint density at radius 2 is 2.21 bits per heavy atom. The third-order valence-corrected chi connectivity index (χ3v) is 3.12. The van der Waals surface area contributed by atoms with Crippen molar-refractivity contribution in [2.75, 3.05) is 11.6 Å². The molecule has 1 aliphatic heterocycles. The maximum Gasteiger partial charge on any atom is 0.419 e. The molecule has 0 saturated carbocycles. The molecule has 0 unspecified atom stereocenters. The average molecular weight is 364 g/mol. The van der Waals surface area contributed by atoms with E-state index in [2.05, 4.69) is 20.3 Å². The second-order valence-electron chi connectivity index (χ2n) is 4.34. The van der Waals surface area contributed by atoms with Crippen molar-refractivity contribution in [1.82, 2.24) is 14.7 Å². The molecule has 0 bridgehead atoms. The normalized spacial score (nSPS) is 14.4. The van der Waals surface area contributed by atoms with Gasteiger partial charge in [-0.1, -0.05) is 5.16 Å². The number of carbonyl (C=O) groups excluding carboxylic acids is 2. The van der Waals surface area contributed by atoms with Crippen molar-refractivity contribution in [3.63, 3.8) is 0 Å². The number of aryl methyl sites for hydroxylation is 1. The predicted octanol–water partition coefficient (Wildman–Crippen LogP) is -1.15. The number of aromatic nitrogens is 2. The van der Waals surface area contributed by atoms with Gasteiger partial charge in [0.1, 0.15) is 11.9 Å². The zero-order valence-corrected chi connectivity index (χ0v) is 13.5. The molecule has 1 aliphatic rings. The molecule has 134 valence electrons. The van der Waals surface area contributed by atoms with E-state index in [-0.39, 0.29) is 5.69 Å². The van der Waals surface area contributed by atoms with Gasteiger partial charge in [0.2, 0.25) is 0 Å². The number of rotatable bonds is 4. The van der Waals surface area contributed by atoms with Crippen molar-refractivity contribution in [1.29, 1.82) is 0 Å². The fourth-order valence-corrected chi connectivity index (χ4v) is 2.09. The second kappa shape index (κ2) is 7.71. The summed E-state index contributed by atoms with van der Waals surface area (Å²) in [7, 11) is -3.12. The smallest absolute Gasteiger partial charge is 0.411 e. The number of amides is 3. The van der Waals surface area contributed by atoms with Gasteiger partial charge in [-0.3, -0.25) is 14.0 Å². The van der Waals surface area contributed by atoms with Crippen LogP contribution in [-0.2, 0) is 33.1 Å². The first kappa shape index (κ1) is 19.3. The maximum absolute atomic E-state index is 11.9. The van der Waals surface area contributed by atoms with Gasteiger partial charge in [-0.25, -0.2) is 4.79 Å². The summed E-state index contributed by atoms with van der Waals surface area (Å²) in [4.78, 5) is 22.8. The predicted molar refractivity (Wildman–Crippen MR) is 79.3 cm³/mol. The van der Waals surface area contributed by atoms with Gasteiger partial charge in [-0.15, -0.1) is 9.35 Å². The largest absolute Gasteiger partial charge is 0.419 e. The van der Waals surface area contributed by atoms with Crippen LogP contribution < -0.4 is 10.8 Å². The lowest BCUT2D eigenvalue weighted by Gasteiger charge is -2.32. The molecule has 1 aromatic heterocycles. The van der Waals surface area contributed by atoms with E-state index in [4.69, 9.17) is 9.76 Å². The summed E-state index contributed by atoms with van der Waals surface area (Å²) in [6, 6.07) is -0.671. The van der Waals surface area contributed by atoms with E-state index in [9.17, 15) is 18.0 Å². The molecule has 14 heteroatoms. The van der Waals surface area contributed by atoms with Crippen molar-refractivity contribution in [2.45, 2.75) is 13.5 Å². The molecule has 4 N–H and O–H groups in total. The molecule has 0 radical (unpaired) electrons. The van der Waals surface area contributed by atoms with Crippen molar-refractivity contribution < 1.29 is 32.1 Å². The molecular weight excluding hydrogens is 348 g/mol. The van der Waals surface area contributed by atoms with Crippen LogP contribution in [0.25, 0.3) is 0 Å². The number of hydroxylamine groups is 1. The maximum atomic E-state index is 11.9. The lowest BCUT2D eigenvalue weighted by molar-refractivity contribution is -0.111. The minimum atomic E-state index is -4.78. The Hall–Kier alpha value is -2.71. The van der Waals surface area contributed by atoms with E-state index in [0.29, 0.717) is 30.1 Å². The Morgan fingerprint density at radius 3 is 2.62 bits per heavy atom. The average Bonchev–Trinajstić information content (AvgIpc) is 2.82. The Kier molecular flexibility index (Phi) is 6.21. The zero-order valence-electron chi connectivity index (χ0n) is 12.7. The number of nitrogens with two attached hydrogens (primary N) is 1. The van der Waals surface area contributed by atoms with Gasteiger partial charge >= 0.3 is 16.4 Å². The number of hydrogen-bond acceptors (Lipinski definition) is 8. The van der Waals surface area contributed by atoms with Crippen LogP contribution in [0.4, 0.5) is 10.5 Å². The molecule has 0 saturated heterocycles. The third-order valence-electron chi connectivity index (χ3n) is 2.78. The van der Waals surface area contributed by atoms with E-state index < -0.39 is 22.3 Å². The monoisotopic (exact) mass is 364 g/mol. The number of nitrogens with zero attached hydrogens (tertiary/aromatic N) is 5. The van der Waals surface area contributed by atoms with Gasteiger partial charge in [0.15, 0.2) is 0 Å². The Bertz CT molecular complexity index is 743. The fourth-order valence-electron chi connectivity index (χ4n) is 1.75. The molecule has 0 spiro atoms. The molecule has 2 heterocycles. The standard InChI is InChI=1S/C8H12N4O5S.C2H4N2O2/c1-3-11-5-7-6(4-9-10(7)2)12(8(11)13)17-18(14,15)16;3-2(5)1-4-6/h4H,3,5H2,1-2H3,(H,14,15,16);1,6H,(H2,3,5)/b;4-1-. The summed E-state index contributed by atoms with van der Waals surface area (Å²) in [5.41, 5.74) is 5.26. The molecular formula is C10H16N6O7S. The Morgan fingerprint density at radius 1 is 1.58 bits per heavy atom. The van der Waals surface area contributed by atoms with Crippen LogP contribution in [0.5, 0.6) is 0 Å². The van der Waals surface area contributed by atoms with Crippen LogP contribution in [0.3, 0.4) is 0 Å². The van der Waals surface area contributed by atoms with Gasteiger partial charge in [0.05, 0.1) is 18.4 Å². The lowest BCUT2D eigenvalue weighted by atomic mass is 10.3. The molecule has 0 atom stereocenters. The zero-order chi connectivity index (χ0) is 18.5. The van der Waals surface area contributed by atoms with Crippen LogP contribution in [0, 0.1) is 0 Å².